The first-order valence-corrected chi connectivity index (χ1v) is 10.1. The molecule has 1 heterocycles. The van der Waals surface area contributed by atoms with Crippen molar-refractivity contribution in [3.8, 4) is 0 Å². The standard InChI is InChI=1S/C19H19FIN3OS.ClH/c1-23(2)10-5-11-24(18(25)14-6-3-4-7-15(14)21)19-22-16-9-8-13(20)12-17(16)26-19;/h3-4,6-9,12H,5,10-11H2,1-2H3;1H. The van der Waals surface area contributed by atoms with Crippen LogP contribution < -0.4 is 4.90 Å². The van der Waals surface area contributed by atoms with E-state index in [0.717, 1.165) is 21.2 Å². The Bertz CT molecular complexity index is 934. The van der Waals surface area contributed by atoms with Gasteiger partial charge in [0.2, 0.25) is 0 Å². The van der Waals surface area contributed by atoms with E-state index in [9.17, 15) is 9.18 Å². The van der Waals surface area contributed by atoms with Crippen LogP contribution >= 0.6 is 46.3 Å². The van der Waals surface area contributed by atoms with E-state index in [1.54, 1.807) is 11.0 Å². The minimum absolute atomic E-state index is 0. The molecule has 3 aromatic rings. The number of benzene rings is 2. The van der Waals surface area contributed by atoms with Crippen molar-refractivity contribution < 1.29 is 9.18 Å². The Morgan fingerprint density at radius 2 is 1.93 bits per heavy atom. The fraction of sp³-hybridized carbons (Fsp3) is 0.263. The summed E-state index contributed by atoms with van der Waals surface area (Å²) in [5, 5.41) is 0.606. The summed E-state index contributed by atoms with van der Waals surface area (Å²) < 4.78 is 15.2. The summed E-state index contributed by atoms with van der Waals surface area (Å²) in [6, 6.07) is 12.0. The first-order chi connectivity index (χ1) is 12.5. The minimum atomic E-state index is -0.296. The smallest absolute Gasteiger partial charge is 0.261 e. The van der Waals surface area contributed by atoms with Crippen molar-refractivity contribution in [3.05, 3.63) is 57.4 Å². The Morgan fingerprint density at radius 1 is 1.19 bits per heavy atom. The largest absolute Gasteiger partial charge is 0.309 e. The third-order valence-corrected chi connectivity index (χ3v) is 5.89. The molecule has 4 nitrogen and oxygen atoms in total. The zero-order chi connectivity index (χ0) is 18.7. The van der Waals surface area contributed by atoms with Gasteiger partial charge in [-0.15, -0.1) is 12.4 Å². The molecule has 27 heavy (non-hydrogen) atoms. The van der Waals surface area contributed by atoms with E-state index in [4.69, 9.17) is 0 Å². The van der Waals surface area contributed by atoms with Gasteiger partial charge in [-0.25, -0.2) is 9.37 Å². The van der Waals surface area contributed by atoms with Crippen LogP contribution in [0, 0.1) is 9.39 Å². The Balaban J connectivity index is 0.00000261. The van der Waals surface area contributed by atoms with Crippen molar-refractivity contribution in [1.82, 2.24) is 9.88 Å². The highest BCUT2D eigenvalue weighted by atomic mass is 127. The molecule has 1 aromatic heterocycles. The monoisotopic (exact) mass is 519 g/mol. The molecule has 0 aliphatic heterocycles. The minimum Gasteiger partial charge on any atom is -0.309 e. The average molecular weight is 520 g/mol. The average Bonchev–Trinajstić information content (AvgIpc) is 3.01. The lowest BCUT2D eigenvalue weighted by Gasteiger charge is -2.21. The SMILES string of the molecule is CN(C)CCCN(C(=O)c1ccccc1I)c1nc2ccc(F)cc2s1.Cl. The van der Waals surface area contributed by atoms with Crippen molar-refractivity contribution in [1.29, 1.82) is 0 Å². The molecule has 0 aliphatic rings. The summed E-state index contributed by atoms with van der Waals surface area (Å²) in [5.74, 6) is -0.371. The van der Waals surface area contributed by atoms with Crippen LogP contribution in [0.15, 0.2) is 42.5 Å². The molecule has 8 heteroatoms. The maximum absolute atomic E-state index is 13.5. The summed E-state index contributed by atoms with van der Waals surface area (Å²) in [6.07, 6.45) is 0.826. The van der Waals surface area contributed by atoms with Crippen LogP contribution in [-0.4, -0.2) is 43.0 Å². The number of hydrogen-bond acceptors (Lipinski definition) is 4. The summed E-state index contributed by atoms with van der Waals surface area (Å²) in [7, 11) is 4.01. The number of hydrogen-bond donors (Lipinski definition) is 0. The normalized spacial score (nSPS) is 10.9. The van der Waals surface area contributed by atoms with Crippen LogP contribution in [0.25, 0.3) is 10.2 Å². The van der Waals surface area contributed by atoms with Gasteiger partial charge < -0.3 is 4.90 Å². The van der Waals surface area contributed by atoms with Crippen molar-refractivity contribution >= 4 is 67.6 Å². The van der Waals surface area contributed by atoms with Gasteiger partial charge in [0, 0.05) is 10.1 Å². The van der Waals surface area contributed by atoms with E-state index in [1.165, 1.54) is 23.5 Å². The molecule has 3 rings (SSSR count). The van der Waals surface area contributed by atoms with Crippen molar-refractivity contribution in [3.63, 3.8) is 0 Å². The molecule has 0 aliphatic carbocycles. The van der Waals surface area contributed by atoms with E-state index in [2.05, 4.69) is 32.5 Å². The Labute approximate surface area is 181 Å². The highest BCUT2D eigenvalue weighted by Crippen LogP contribution is 2.31. The second-order valence-electron chi connectivity index (χ2n) is 6.20. The lowest BCUT2D eigenvalue weighted by Crippen LogP contribution is -2.33. The molecule has 0 fully saturated rings. The number of aromatic nitrogens is 1. The summed E-state index contributed by atoms with van der Waals surface area (Å²) in [5.41, 5.74) is 1.36. The van der Waals surface area contributed by atoms with Gasteiger partial charge in [0.15, 0.2) is 5.13 Å². The van der Waals surface area contributed by atoms with Gasteiger partial charge in [-0.3, -0.25) is 9.69 Å². The number of nitrogens with zero attached hydrogens (tertiary/aromatic N) is 3. The van der Waals surface area contributed by atoms with Crippen LogP contribution in [0.5, 0.6) is 0 Å². The number of amides is 1. The van der Waals surface area contributed by atoms with Crippen molar-refractivity contribution in [2.24, 2.45) is 0 Å². The predicted octanol–water partition coefficient (Wildman–Crippen LogP) is 5.06. The summed E-state index contributed by atoms with van der Waals surface area (Å²) >= 11 is 3.52. The lowest BCUT2D eigenvalue weighted by molar-refractivity contribution is 0.0985. The van der Waals surface area contributed by atoms with Crippen LogP contribution in [-0.2, 0) is 0 Å². The quantitative estimate of drug-likeness (QED) is 0.427. The number of carbonyl (C=O) groups is 1. The molecule has 0 saturated heterocycles. The van der Waals surface area contributed by atoms with Gasteiger partial charge in [-0.2, -0.15) is 0 Å². The van der Waals surface area contributed by atoms with E-state index in [-0.39, 0.29) is 24.1 Å². The Morgan fingerprint density at radius 3 is 2.63 bits per heavy atom. The molecular formula is C19H20ClFIN3OS. The van der Waals surface area contributed by atoms with E-state index in [0.29, 0.717) is 22.8 Å². The second-order valence-corrected chi connectivity index (χ2v) is 8.37. The molecule has 0 spiro atoms. The predicted molar refractivity (Wildman–Crippen MR) is 121 cm³/mol. The fourth-order valence-electron chi connectivity index (χ4n) is 2.61. The van der Waals surface area contributed by atoms with E-state index in [1.807, 2.05) is 38.4 Å². The van der Waals surface area contributed by atoms with Crippen LogP contribution in [0.4, 0.5) is 9.52 Å². The highest BCUT2D eigenvalue weighted by Gasteiger charge is 2.22. The topological polar surface area (TPSA) is 36.4 Å². The molecule has 2 aromatic carbocycles. The van der Waals surface area contributed by atoms with Gasteiger partial charge in [0.25, 0.3) is 5.91 Å². The Hall–Kier alpha value is -1.29. The molecule has 0 saturated carbocycles. The molecule has 144 valence electrons. The zero-order valence-corrected chi connectivity index (χ0v) is 18.8. The molecule has 0 N–H and O–H groups in total. The molecule has 0 bridgehead atoms. The number of anilines is 1. The van der Waals surface area contributed by atoms with Crippen LogP contribution in [0.1, 0.15) is 16.8 Å². The van der Waals surface area contributed by atoms with Crippen LogP contribution in [0.2, 0.25) is 0 Å². The van der Waals surface area contributed by atoms with E-state index < -0.39 is 0 Å². The second kappa shape index (κ2) is 9.77. The maximum atomic E-state index is 13.5. The van der Waals surface area contributed by atoms with Gasteiger partial charge in [0.05, 0.1) is 15.8 Å². The number of halogens is 3. The van der Waals surface area contributed by atoms with Gasteiger partial charge >= 0.3 is 0 Å². The molecular weight excluding hydrogens is 500 g/mol. The Kier molecular flexibility index (Phi) is 7.96. The molecule has 0 radical (unpaired) electrons. The molecule has 1 amide bonds. The third-order valence-electron chi connectivity index (χ3n) is 3.91. The van der Waals surface area contributed by atoms with Gasteiger partial charge in [0.1, 0.15) is 5.82 Å². The number of rotatable bonds is 6. The lowest BCUT2D eigenvalue weighted by atomic mass is 10.2. The van der Waals surface area contributed by atoms with Crippen molar-refractivity contribution in [2.45, 2.75) is 6.42 Å². The number of fused-ring (bicyclic) bond motifs is 1. The first-order valence-electron chi connectivity index (χ1n) is 8.23. The number of thiazole rings is 1. The fourth-order valence-corrected chi connectivity index (χ4v) is 4.24. The van der Waals surface area contributed by atoms with E-state index >= 15 is 0 Å². The third kappa shape index (κ3) is 5.37. The first kappa shape index (κ1) is 22.0. The summed E-state index contributed by atoms with van der Waals surface area (Å²) in [4.78, 5) is 21.6. The highest BCUT2D eigenvalue weighted by molar-refractivity contribution is 14.1. The molecule has 0 unspecified atom stereocenters. The van der Waals surface area contributed by atoms with Gasteiger partial charge in [-0.05, 0) is 80.0 Å². The van der Waals surface area contributed by atoms with Crippen LogP contribution in [0.3, 0.4) is 0 Å². The number of carbonyl (C=O) groups excluding carboxylic acids is 1. The van der Waals surface area contributed by atoms with Crippen molar-refractivity contribution in [2.75, 3.05) is 32.1 Å². The zero-order valence-electron chi connectivity index (χ0n) is 15.0. The van der Waals surface area contributed by atoms with Gasteiger partial charge in [-0.1, -0.05) is 23.5 Å². The molecule has 0 atom stereocenters. The summed E-state index contributed by atoms with van der Waals surface area (Å²) in [6.45, 7) is 1.43. The maximum Gasteiger partial charge on any atom is 0.261 e.